The van der Waals surface area contributed by atoms with Crippen LogP contribution in [0.1, 0.15) is 19.3 Å². The number of hydrogen-bond donors (Lipinski definition) is 12. The lowest BCUT2D eigenvalue weighted by atomic mass is 10.1. The number of nitrogens with one attached hydrogen (secondary N) is 6. The second kappa shape index (κ2) is 17.2. The number of hydrogen-bond acceptors (Lipinski definition) is 10. The zero-order chi connectivity index (χ0) is 27.8. The van der Waals surface area contributed by atoms with Crippen LogP contribution in [0.15, 0.2) is 0 Å². The zero-order valence-corrected chi connectivity index (χ0v) is 21.1. The van der Waals surface area contributed by atoms with E-state index in [9.17, 15) is 28.8 Å². The summed E-state index contributed by atoms with van der Waals surface area (Å²) in [5, 5.41) is 27.8. The van der Waals surface area contributed by atoms with E-state index >= 15 is 0 Å². The quantitative estimate of drug-likeness (QED) is 0.0353. The number of aliphatic carboxylic acids is 1. The monoisotopic (exact) mass is 551 g/mol. The second-order valence-electron chi connectivity index (χ2n) is 7.42. The largest absolute Gasteiger partial charge is 0.480 e. The van der Waals surface area contributed by atoms with Gasteiger partial charge in [0.25, 0.3) is 0 Å². The molecule has 0 aromatic heterocycles. The van der Waals surface area contributed by atoms with Gasteiger partial charge in [0, 0.05) is 18.1 Å². The maximum Gasteiger partial charge on any atom is 0.327 e. The summed E-state index contributed by atoms with van der Waals surface area (Å²) in [5.41, 5.74) is 15.9. The van der Waals surface area contributed by atoms with Crippen molar-refractivity contribution < 1.29 is 33.9 Å². The maximum absolute atomic E-state index is 12.6. The summed E-state index contributed by atoms with van der Waals surface area (Å²) < 4.78 is 0. The van der Waals surface area contributed by atoms with Gasteiger partial charge in [0.1, 0.15) is 18.1 Å². The Morgan fingerprint density at radius 2 is 1.44 bits per heavy atom. The van der Waals surface area contributed by atoms with Gasteiger partial charge in [-0.2, -0.15) is 25.3 Å². The molecule has 204 valence electrons. The molecule has 5 amide bonds. The van der Waals surface area contributed by atoms with Crippen LogP contribution in [0.2, 0.25) is 0 Å². The molecule has 4 atom stereocenters. The van der Waals surface area contributed by atoms with E-state index in [2.05, 4.69) is 51.8 Å². The summed E-state index contributed by atoms with van der Waals surface area (Å²) in [6.07, 6.45) is -0.212. The minimum atomic E-state index is -1.50. The van der Waals surface area contributed by atoms with E-state index in [1.165, 1.54) is 0 Å². The van der Waals surface area contributed by atoms with Crippen LogP contribution in [-0.4, -0.2) is 95.3 Å². The number of nitrogens with two attached hydrogens (primary N) is 3. The third-order valence-electron chi connectivity index (χ3n) is 4.43. The Kier molecular flexibility index (Phi) is 15.7. The average molecular weight is 552 g/mol. The molecule has 0 saturated carbocycles. The van der Waals surface area contributed by atoms with Crippen molar-refractivity contribution in [2.45, 2.75) is 43.4 Å². The molecule has 0 fully saturated rings. The van der Waals surface area contributed by atoms with Crippen molar-refractivity contribution in [1.29, 1.82) is 5.41 Å². The zero-order valence-electron chi connectivity index (χ0n) is 19.3. The Labute approximate surface area is 217 Å². The SMILES string of the molecule is N=C(N)NCCC[C@H](NC(=O)[C@@H](N)CS)C(=O)NCC(=O)N[C@@H](CC(N)=O)C(=O)N[C@@H](CS)C(=O)O. The lowest BCUT2D eigenvalue weighted by Gasteiger charge is -2.21. The fraction of sp³-hybridized carbons (Fsp3) is 0.611. The van der Waals surface area contributed by atoms with E-state index in [4.69, 9.17) is 27.7 Å². The summed E-state index contributed by atoms with van der Waals surface area (Å²) >= 11 is 7.74. The van der Waals surface area contributed by atoms with Crippen LogP contribution in [0, 0.1) is 5.41 Å². The Morgan fingerprint density at radius 3 is 1.94 bits per heavy atom. The number of rotatable bonds is 17. The first-order valence-electron chi connectivity index (χ1n) is 10.6. The summed E-state index contributed by atoms with van der Waals surface area (Å²) in [6, 6.07) is -4.96. The molecule has 0 rings (SSSR count). The molecule has 0 heterocycles. The number of thiol groups is 2. The van der Waals surface area contributed by atoms with Gasteiger partial charge in [-0.1, -0.05) is 0 Å². The van der Waals surface area contributed by atoms with Gasteiger partial charge >= 0.3 is 5.97 Å². The Bertz CT molecular complexity index is 831. The number of carboxylic acid groups (broad SMARTS) is 1. The van der Waals surface area contributed by atoms with Crippen molar-refractivity contribution in [3.05, 3.63) is 0 Å². The third kappa shape index (κ3) is 13.6. The van der Waals surface area contributed by atoms with Gasteiger partial charge in [-0.15, -0.1) is 0 Å². The fourth-order valence-corrected chi connectivity index (χ4v) is 2.98. The predicted molar refractivity (Wildman–Crippen MR) is 135 cm³/mol. The highest BCUT2D eigenvalue weighted by Crippen LogP contribution is 2.00. The highest BCUT2D eigenvalue weighted by Gasteiger charge is 2.28. The summed E-state index contributed by atoms with van der Waals surface area (Å²) in [7, 11) is 0. The van der Waals surface area contributed by atoms with Crippen molar-refractivity contribution in [3.8, 4) is 0 Å². The first-order chi connectivity index (χ1) is 16.8. The van der Waals surface area contributed by atoms with Crippen molar-refractivity contribution in [1.82, 2.24) is 26.6 Å². The van der Waals surface area contributed by atoms with E-state index < -0.39 is 72.6 Å². The van der Waals surface area contributed by atoms with Crippen molar-refractivity contribution in [2.75, 3.05) is 24.6 Å². The van der Waals surface area contributed by atoms with Gasteiger partial charge in [0.2, 0.25) is 29.5 Å². The molecular formula is C18H33N9O7S2. The molecule has 0 aliphatic rings. The van der Waals surface area contributed by atoms with Crippen LogP contribution in [0.3, 0.4) is 0 Å². The maximum atomic E-state index is 12.6. The van der Waals surface area contributed by atoms with Crippen molar-refractivity contribution in [3.63, 3.8) is 0 Å². The minimum absolute atomic E-state index is 0.0216. The van der Waals surface area contributed by atoms with Gasteiger partial charge < -0.3 is 48.9 Å². The Balaban J connectivity index is 5.15. The van der Waals surface area contributed by atoms with E-state index in [0.717, 1.165) is 0 Å². The third-order valence-corrected chi connectivity index (χ3v) is 5.19. The number of carbonyl (C=O) groups is 6. The van der Waals surface area contributed by atoms with Crippen LogP contribution in [0.25, 0.3) is 0 Å². The summed E-state index contributed by atoms with van der Waals surface area (Å²) in [4.78, 5) is 71.7. The number of primary amides is 1. The summed E-state index contributed by atoms with van der Waals surface area (Å²) in [5.74, 6) is -6.09. The van der Waals surface area contributed by atoms with Crippen LogP contribution >= 0.6 is 25.3 Å². The van der Waals surface area contributed by atoms with Gasteiger partial charge in [-0.3, -0.25) is 29.4 Å². The van der Waals surface area contributed by atoms with Crippen LogP contribution in [-0.2, 0) is 28.8 Å². The standard InChI is InChI=1S/C18H33N9O7S2/c19-8(6-35)14(30)26-9(2-1-3-23-18(21)22)15(31)24-5-13(29)25-10(4-12(20)28)16(32)27-11(7-36)17(33)34/h8-11,35-36H,1-7,19H2,(H2,20,28)(H,24,31)(H,25,29)(H,26,30)(H,27,32)(H,33,34)(H4,21,22,23)/t8-,9-,10-,11-/m0/s1. The molecule has 13 N–H and O–H groups in total. The Hall–Kier alpha value is -3.25. The van der Waals surface area contributed by atoms with E-state index in [1.54, 1.807) is 0 Å². The van der Waals surface area contributed by atoms with Crippen LogP contribution < -0.4 is 43.8 Å². The topological polar surface area (TPSA) is 285 Å². The first-order valence-corrected chi connectivity index (χ1v) is 11.8. The second-order valence-corrected chi connectivity index (χ2v) is 8.15. The molecule has 0 aromatic carbocycles. The van der Waals surface area contributed by atoms with Crippen LogP contribution in [0.5, 0.6) is 0 Å². The van der Waals surface area contributed by atoms with Crippen molar-refractivity contribution in [2.24, 2.45) is 17.2 Å². The normalized spacial score (nSPS) is 13.8. The molecule has 16 nitrogen and oxygen atoms in total. The van der Waals surface area contributed by atoms with Gasteiger partial charge in [-0.25, -0.2) is 4.79 Å². The van der Waals surface area contributed by atoms with Gasteiger partial charge in [-0.05, 0) is 12.8 Å². The van der Waals surface area contributed by atoms with Gasteiger partial charge in [0.05, 0.1) is 19.0 Å². The molecule has 0 aliphatic carbocycles. The fourth-order valence-electron chi connectivity index (χ4n) is 2.56. The highest BCUT2D eigenvalue weighted by molar-refractivity contribution is 7.80. The molecule has 0 radical (unpaired) electrons. The van der Waals surface area contributed by atoms with E-state index in [0.29, 0.717) is 6.42 Å². The number of amides is 5. The molecule has 0 bridgehead atoms. The predicted octanol–water partition coefficient (Wildman–Crippen LogP) is -5.03. The van der Waals surface area contributed by atoms with Gasteiger partial charge in [0.15, 0.2) is 5.96 Å². The molecule has 0 aromatic rings. The minimum Gasteiger partial charge on any atom is -0.480 e. The Morgan fingerprint density at radius 1 is 0.833 bits per heavy atom. The smallest absolute Gasteiger partial charge is 0.327 e. The molecular weight excluding hydrogens is 518 g/mol. The number of carbonyl (C=O) groups excluding carboxylic acids is 5. The van der Waals surface area contributed by atoms with Crippen molar-refractivity contribution >= 4 is 66.7 Å². The molecule has 0 spiro atoms. The lowest BCUT2D eigenvalue weighted by Crippen LogP contribution is -2.56. The van der Waals surface area contributed by atoms with E-state index in [-0.39, 0.29) is 30.4 Å². The lowest BCUT2D eigenvalue weighted by molar-refractivity contribution is -0.141. The molecule has 36 heavy (non-hydrogen) atoms. The molecule has 0 aliphatic heterocycles. The molecule has 0 saturated heterocycles. The number of guanidine groups is 1. The first kappa shape index (κ1) is 32.8. The van der Waals surface area contributed by atoms with Crippen LogP contribution in [0.4, 0.5) is 0 Å². The molecule has 0 unspecified atom stereocenters. The summed E-state index contributed by atoms with van der Waals surface area (Å²) in [6.45, 7) is -0.408. The average Bonchev–Trinajstić information content (AvgIpc) is 2.80. The number of carboxylic acids is 1. The van der Waals surface area contributed by atoms with E-state index in [1.807, 2.05) is 0 Å². The highest BCUT2D eigenvalue weighted by atomic mass is 32.1. The molecule has 18 heteroatoms.